The van der Waals surface area contributed by atoms with Crippen molar-refractivity contribution in [1.82, 2.24) is 15.5 Å². The Kier molecular flexibility index (Phi) is 7.77. The standard InChI is InChI=1S/C28H26N4O4.ClH/c1-16(2)35-25-10-8-17(11-20(25)14-29)27-31-26(32-36-27)24-9-7-18(22-5-3-4-6-23(22)24)15-30-21-12-19(13-21)28(33)34;/h3-11,16,19,21,30H,12-13,15H2,1-2H3,(H,33,34);1H/t19-,21+;. The van der Waals surface area contributed by atoms with Gasteiger partial charge in [-0.3, -0.25) is 4.79 Å². The number of hydrogen-bond donors (Lipinski definition) is 2. The van der Waals surface area contributed by atoms with Crippen LogP contribution in [-0.4, -0.2) is 33.4 Å². The van der Waals surface area contributed by atoms with Gasteiger partial charge in [0, 0.05) is 23.7 Å². The topological polar surface area (TPSA) is 121 Å². The molecule has 0 unspecified atom stereocenters. The van der Waals surface area contributed by atoms with Crippen LogP contribution in [-0.2, 0) is 11.3 Å². The zero-order valence-corrected chi connectivity index (χ0v) is 21.3. The molecule has 1 heterocycles. The van der Waals surface area contributed by atoms with Crippen LogP contribution in [0.1, 0.15) is 37.8 Å². The van der Waals surface area contributed by atoms with Gasteiger partial charge in [0.15, 0.2) is 0 Å². The quantitative estimate of drug-likeness (QED) is 0.309. The van der Waals surface area contributed by atoms with Gasteiger partial charge in [0.25, 0.3) is 5.89 Å². The highest BCUT2D eigenvalue weighted by molar-refractivity contribution is 5.97. The molecular formula is C28H27ClN4O4. The van der Waals surface area contributed by atoms with Gasteiger partial charge < -0.3 is 19.7 Å². The first-order chi connectivity index (χ1) is 17.4. The van der Waals surface area contributed by atoms with Crippen molar-refractivity contribution < 1.29 is 19.2 Å². The van der Waals surface area contributed by atoms with Gasteiger partial charge in [-0.2, -0.15) is 10.2 Å². The van der Waals surface area contributed by atoms with Gasteiger partial charge in [0.05, 0.1) is 17.6 Å². The van der Waals surface area contributed by atoms with Crippen molar-refractivity contribution >= 4 is 29.1 Å². The van der Waals surface area contributed by atoms with Crippen molar-refractivity contribution in [3.05, 3.63) is 65.7 Å². The molecular weight excluding hydrogens is 492 g/mol. The first kappa shape index (κ1) is 26.1. The molecule has 0 aliphatic heterocycles. The molecule has 9 heteroatoms. The molecule has 0 amide bonds. The van der Waals surface area contributed by atoms with E-state index in [9.17, 15) is 10.1 Å². The molecule has 0 atom stereocenters. The number of aromatic nitrogens is 2. The van der Waals surface area contributed by atoms with Crippen molar-refractivity contribution in [1.29, 1.82) is 5.26 Å². The third-order valence-corrected chi connectivity index (χ3v) is 6.46. The van der Waals surface area contributed by atoms with Gasteiger partial charge in [0.2, 0.25) is 5.82 Å². The number of hydrogen-bond acceptors (Lipinski definition) is 7. The molecule has 2 N–H and O–H groups in total. The van der Waals surface area contributed by atoms with Crippen LogP contribution in [0.5, 0.6) is 5.75 Å². The van der Waals surface area contributed by atoms with E-state index in [1.807, 2.05) is 44.2 Å². The Labute approximate surface area is 220 Å². The minimum absolute atomic E-state index is 0. The monoisotopic (exact) mass is 518 g/mol. The summed E-state index contributed by atoms with van der Waals surface area (Å²) in [6, 6.07) is 19.7. The van der Waals surface area contributed by atoms with Crippen LogP contribution in [0.4, 0.5) is 0 Å². The van der Waals surface area contributed by atoms with E-state index in [1.54, 1.807) is 18.2 Å². The van der Waals surface area contributed by atoms with Gasteiger partial charge >= 0.3 is 5.97 Å². The molecule has 0 spiro atoms. The second-order valence-corrected chi connectivity index (χ2v) is 9.31. The maximum Gasteiger partial charge on any atom is 0.306 e. The summed E-state index contributed by atoms with van der Waals surface area (Å²) in [5, 5.41) is 28.4. The number of benzene rings is 3. The van der Waals surface area contributed by atoms with Crippen LogP contribution in [0, 0.1) is 17.2 Å². The summed E-state index contributed by atoms with van der Waals surface area (Å²) < 4.78 is 11.3. The molecule has 0 radical (unpaired) electrons. The van der Waals surface area contributed by atoms with Crippen molar-refractivity contribution in [2.75, 3.05) is 0 Å². The molecule has 37 heavy (non-hydrogen) atoms. The molecule has 1 fully saturated rings. The summed E-state index contributed by atoms with van der Waals surface area (Å²) in [6.07, 6.45) is 1.28. The summed E-state index contributed by atoms with van der Waals surface area (Å²) in [5.41, 5.74) is 3.02. The molecule has 8 nitrogen and oxygen atoms in total. The molecule has 4 aromatic rings. The zero-order valence-electron chi connectivity index (χ0n) is 20.5. The van der Waals surface area contributed by atoms with Crippen LogP contribution in [0.2, 0.25) is 0 Å². The summed E-state index contributed by atoms with van der Waals surface area (Å²) >= 11 is 0. The van der Waals surface area contributed by atoms with Gasteiger partial charge in [-0.25, -0.2) is 0 Å². The van der Waals surface area contributed by atoms with E-state index >= 15 is 0 Å². The van der Waals surface area contributed by atoms with E-state index in [0.717, 1.165) is 21.9 Å². The maximum atomic E-state index is 11.1. The van der Waals surface area contributed by atoms with E-state index in [0.29, 0.717) is 48.0 Å². The minimum Gasteiger partial charge on any atom is -0.490 e. The third-order valence-electron chi connectivity index (χ3n) is 6.46. The highest BCUT2D eigenvalue weighted by Gasteiger charge is 2.33. The zero-order chi connectivity index (χ0) is 25.2. The summed E-state index contributed by atoms with van der Waals surface area (Å²) in [6.45, 7) is 4.47. The number of rotatable bonds is 8. The molecule has 1 aliphatic rings. The number of nitrogens with zero attached hydrogens (tertiary/aromatic N) is 3. The number of nitrogens with one attached hydrogen (secondary N) is 1. The predicted molar refractivity (Wildman–Crippen MR) is 141 cm³/mol. The highest BCUT2D eigenvalue weighted by Crippen LogP contribution is 2.33. The molecule has 1 saturated carbocycles. The van der Waals surface area contributed by atoms with Crippen molar-refractivity contribution in [2.24, 2.45) is 5.92 Å². The molecule has 190 valence electrons. The van der Waals surface area contributed by atoms with E-state index in [1.165, 1.54) is 0 Å². The van der Waals surface area contributed by atoms with E-state index < -0.39 is 5.97 Å². The fourth-order valence-electron chi connectivity index (χ4n) is 4.51. The second kappa shape index (κ2) is 11.0. The lowest BCUT2D eigenvalue weighted by atomic mass is 9.80. The largest absolute Gasteiger partial charge is 0.490 e. The Hall–Kier alpha value is -3.93. The lowest BCUT2D eigenvalue weighted by molar-refractivity contribution is -0.145. The Bertz CT molecular complexity index is 1470. The highest BCUT2D eigenvalue weighted by atomic mass is 35.5. The van der Waals surface area contributed by atoms with E-state index in [2.05, 4.69) is 27.6 Å². The molecule has 0 bridgehead atoms. The van der Waals surface area contributed by atoms with Crippen molar-refractivity contribution in [3.8, 4) is 34.7 Å². The van der Waals surface area contributed by atoms with Crippen molar-refractivity contribution in [3.63, 3.8) is 0 Å². The van der Waals surface area contributed by atoms with Crippen LogP contribution >= 0.6 is 12.4 Å². The summed E-state index contributed by atoms with van der Waals surface area (Å²) in [5.74, 6) is 0.352. The van der Waals surface area contributed by atoms with E-state index in [-0.39, 0.29) is 30.5 Å². The van der Waals surface area contributed by atoms with Crippen LogP contribution in [0.25, 0.3) is 33.6 Å². The average molecular weight is 519 g/mol. The smallest absolute Gasteiger partial charge is 0.306 e. The Morgan fingerprint density at radius 2 is 1.95 bits per heavy atom. The number of nitriles is 1. The lowest BCUT2D eigenvalue weighted by Crippen LogP contribution is -2.43. The third kappa shape index (κ3) is 5.43. The minimum atomic E-state index is -0.717. The van der Waals surface area contributed by atoms with Gasteiger partial charge in [0.1, 0.15) is 11.8 Å². The molecule has 1 aliphatic carbocycles. The van der Waals surface area contributed by atoms with Gasteiger partial charge in [-0.05, 0) is 61.2 Å². The fraction of sp³-hybridized carbons (Fsp3) is 0.286. The molecule has 3 aromatic carbocycles. The second-order valence-electron chi connectivity index (χ2n) is 9.31. The first-order valence-corrected chi connectivity index (χ1v) is 11.9. The number of aliphatic carboxylic acids is 1. The predicted octanol–water partition coefficient (Wildman–Crippen LogP) is 5.59. The fourth-order valence-corrected chi connectivity index (χ4v) is 4.51. The van der Waals surface area contributed by atoms with E-state index in [4.69, 9.17) is 14.4 Å². The number of halogens is 1. The van der Waals surface area contributed by atoms with Gasteiger partial charge in [-0.1, -0.05) is 41.6 Å². The average Bonchev–Trinajstić information content (AvgIpc) is 3.32. The Morgan fingerprint density at radius 1 is 1.19 bits per heavy atom. The Balaban J connectivity index is 0.00000320. The van der Waals surface area contributed by atoms with Gasteiger partial charge in [-0.15, -0.1) is 12.4 Å². The first-order valence-electron chi connectivity index (χ1n) is 11.9. The maximum absolute atomic E-state index is 11.1. The van der Waals surface area contributed by atoms with Crippen LogP contribution in [0.15, 0.2) is 59.1 Å². The summed E-state index contributed by atoms with van der Waals surface area (Å²) in [4.78, 5) is 15.7. The number of carboxylic acid groups (broad SMARTS) is 1. The molecule has 5 rings (SSSR count). The number of fused-ring (bicyclic) bond motifs is 1. The van der Waals surface area contributed by atoms with Crippen molar-refractivity contribution in [2.45, 2.75) is 45.4 Å². The van der Waals surface area contributed by atoms with Crippen LogP contribution < -0.4 is 10.1 Å². The number of carboxylic acids is 1. The van der Waals surface area contributed by atoms with Crippen LogP contribution in [0.3, 0.4) is 0 Å². The molecule has 1 aromatic heterocycles. The number of ether oxygens (including phenoxy) is 1. The summed E-state index contributed by atoms with van der Waals surface area (Å²) in [7, 11) is 0. The Morgan fingerprint density at radius 3 is 2.65 bits per heavy atom. The lowest BCUT2D eigenvalue weighted by Gasteiger charge is -2.33. The SMILES string of the molecule is CC(C)Oc1ccc(-c2nc(-c3ccc(CN[C@H]4C[C@@H](C(=O)O)C4)c4ccccc34)no2)cc1C#N.Cl. The normalized spacial score (nSPS) is 16.6. The molecule has 0 saturated heterocycles. The number of carbonyl (C=O) groups is 1.